The van der Waals surface area contributed by atoms with Gasteiger partial charge in [-0.25, -0.2) is 24.2 Å². The normalized spacial score (nSPS) is 12.2. The van der Waals surface area contributed by atoms with Crippen molar-refractivity contribution < 1.29 is 51.3 Å². The van der Waals surface area contributed by atoms with Crippen LogP contribution in [-0.2, 0) is 37.0 Å². The number of alkyl halides is 3. The number of carbonyl (C=O) groups is 4. The Morgan fingerprint density at radius 3 is 1.68 bits per heavy atom. The Morgan fingerprint density at radius 1 is 0.795 bits per heavy atom. The molecule has 0 heterocycles. The van der Waals surface area contributed by atoms with Crippen LogP contribution in [0.25, 0.3) is 0 Å². The van der Waals surface area contributed by atoms with Crippen molar-refractivity contribution in [2.24, 2.45) is 4.99 Å². The zero-order valence-electron chi connectivity index (χ0n) is 24.2. The number of nitrogens with one attached hydrogen (secondary N) is 3. The van der Waals surface area contributed by atoms with Gasteiger partial charge in [0.1, 0.15) is 25.4 Å². The van der Waals surface area contributed by atoms with Crippen LogP contribution in [0.3, 0.4) is 0 Å². The van der Waals surface area contributed by atoms with E-state index in [-0.39, 0.29) is 13.2 Å². The number of ether oxygens (including phenoxy) is 4. The van der Waals surface area contributed by atoms with Gasteiger partial charge in [0.25, 0.3) is 5.54 Å². The fourth-order valence-electron chi connectivity index (χ4n) is 3.11. The molecule has 0 radical (unpaired) electrons. The SMILES string of the molecule is COC(=O)C(C#CCN=C(NC(=O)OCc1ccccc1)NC(=O)OCc1ccccc1)(NC(=O)OC(C)(C)C)C(F)(F)F. The van der Waals surface area contributed by atoms with Crippen LogP contribution in [0.15, 0.2) is 65.7 Å². The van der Waals surface area contributed by atoms with Crippen molar-refractivity contribution in [3.8, 4) is 11.8 Å². The molecular formula is C29H31F3N4O8. The number of amides is 3. The average molecular weight is 621 g/mol. The summed E-state index contributed by atoms with van der Waals surface area (Å²) in [5, 5.41) is 5.72. The number of carbonyl (C=O) groups excluding carboxylic acids is 4. The van der Waals surface area contributed by atoms with Gasteiger partial charge in [-0.05, 0) is 31.9 Å². The first kappa shape index (κ1) is 34.9. The Balaban J connectivity index is 2.28. The van der Waals surface area contributed by atoms with E-state index in [0.29, 0.717) is 18.2 Å². The van der Waals surface area contributed by atoms with Gasteiger partial charge in [-0.1, -0.05) is 72.5 Å². The summed E-state index contributed by atoms with van der Waals surface area (Å²) in [6, 6.07) is 17.2. The zero-order chi connectivity index (χ0) is 32.8. The Bertz CT molecular complexity index is 1330. The van der Waals surface area contributed by atoms with Gasteiger partial charge in [0.15, 0.2) is 0 Å². The molecule has 2 rings (SSSR count). The molecular weight excluding hydrogens is 589 g/mol. The number of esters is 1. The number of hydrogen-bond acceptors (Lipinski definition) is 9. The first-order chi connectivity index (χ1) is 20.6. The summed E-state index contributed by atoms with van der Waals surface area (Å²) in [7, 11) is 0.674. The highest BCUT2D eigenvalue weighted by molar-refractivity contribution is 6.01. The summed E-state index contributed by atoms with van der Waals surface area (Å²) in [6.45, 7) is 3.08. The molecule has 1 unspecified atom stereocenters. The third-order valence-electron chi connectivity index (χ3n) is 5.06. The second-order valence-electron chi connectivity index (χ2n) is 9.71. The minimum Gasteiger partial charge on any atom is -0.466 e. The molecule has 0 bridgehead atoms. The molecule has 1 atom stereocenters. The summed E-state index contributed by atoms with van der Waals surface area (Å²) in [5.41, 5.74) is -3.74. The minimum atomic E-state index is -5.46. The lowest BCUT2D eigenvalue weighted by atomic mass is 10.00. The van der Waals surface area contributed by atoms with Gasteiger partial charge in [0.2, 0.25) is 5.96 Å². The van der Waals surface area contributed by atoms with Crippen LogP contribution in [0.5, 0.6) is 0 Å². The van der Waals surface area contributed by atoms with Crippen LogP contribution in [-0.4, -0.2) is 61.2 Å². The number of aliphatic imine (C=N–C) groups is 1. The summed E-state index contributed by atoms with van der Waals surface area (Å²) in [5.74, 6) is 1.10. The van der Waals surface area contributed by atoms with Crippen LogP contribution in [0.4, 0.5) is 27.6 Å². The van der Waals surface area contributed by atoms with E-state index in [1.54, 1.807) is 66.6 Å². The number of hydrogen-bond donors (Lipinski definition) is 3. The number of alkyl carbamates (subject to hydrolysis) is 3. The van der Waals surface area contributed by atoms with E-state index in [1.807, 2.05) is 5.92 Å². The van der Waals surface area contributed by atoms with Crippen LogP contribution in [0, 0.1) is 11.8 Å². The van der Waals surface area contributed by atoms with Gasteiger partial charge in [-0.15, -0.1) is 0 Å². The maximum Gasteiger partial charge on any atom is 0.434 e. The van der Waals surface area contributed by atoms with Crippen molar-refractivity contribution in [1.29, 1.82) is 0 Å². The highest BCUT2D eigenvalue weighted by Gasteiger charge is 2.63. The molecule has 3 amide bonds. The van der Waals surface area contributed by atoms with E-state index in [4.69, 9.17) is 14.2 Å². The van der Waals surface area contributed by atoms with Gasteiger partial charge in [-0.3, -0.25) is 16.0 Å². The second kappa shape index (κ2) is 15.8. The number of benzene rings is 2. The Hall–Kier alpha value is -5.26. The predicted octanol–water partition coefficient (Wildman–Crippen LogP) is 4.20. The predicted molar refractivity (Wildman–Crippen MR) is 150 cm³/mol. The number of rotatable bonds is 7. The Labute approximate surface area is 251 Å². The van der Waals surface area contributed by atoms with Crippen molar-refractivity contribution in [2.75, 3.05) is 13.7 Å². The molecule has 0 aliphatic carbocycles. The van der Waals surface area contributed by atoms with Crippen LogP contribution < -0.4 is 16.0 Å². The molecule has 0 aliphatic heterocycles. The molecule has 44 heavy (non-hydrogen) atoms. The van der Waals surface area contributed by atoms with Crippen molar-refractivity contribution >= 4 is 30.2 Å². The summed E-state index contributed by atoms with van der Waals surface area (Å²) >= 11 is 0. The number of halogens is 3. The van der Waals surface area contributed by atoms with E-state index < -0.39 is 54.1 Å². The standard InChI is InChI=1S/C29H31F3N4O8/c1-27(2,3)44-26(40)36-28(22(37)41-4,29(30,31)32)16-11-17-33-23(34-24(38)42-18-20-12-7-5-8-13-20)35-25(39)43-19-21-14-9-6-10-15-21/h5-10,12-15H,17-19H2,1-4H3,(H,36,40)(H2,33,34,35,38,39). The van der Waals surface area contributed by atoms with E-state index in [1.165, 1.54) is 26.1 Å². The molecule has 2 aromatic carbocycles. The molecule has 0 saturated heterocycles. The Morgan fingerprint density at radius 2 is 1.27 bits per heavy atom. The number of methoxy groups -OCH3 is 1. The highest BCUT2D eigenvalue weighted by atomic mass is 19.4. The fraction of sp³-hybridized carbons (Fsp3) is 0.345. The third-order valence-corrected chi connectivity index (χ3v) is 5.06. The molecule has 0 spiro atoms. The molecule has 3 N–H and O–H groups in total. The van der Waals surface area contributed by atoms with Crippen LogP contribution >= 0.6 is 0 Å². The first-order valence-corrected chi connectivity index (χ1v) is 12.8. The summed E-state index contributed by atoms with van der Waals surface area (Å²) in [6.07, 6.45) is -9.20. The fourth-order valence-corrected chi connectivity index (χ4v) is 3.11. The van der Waals surface area contributed by atoms with E-state index >= 15 is 0 Å². The van der Waals surface area contributed by atoms with Gasteiger partial charge in [0, 0.05) is 0 Å². The van der Waals surface area contributed by atoms with Crippen LogP contribution in [0.2, 0.25) is 0 Å². The topological polar surface area (TPSA) is 154 Å². The van der Waals surface area contributed by atoms with Gasteiger partial charge in [0.05, 0.1) is 7.11 Å². The van der Waals surface area contributed by atoms with Crippen molar-refractivity contribution in [2.45, 2.75) is 51.3 Å². The van der Waals surface area contributed by atoms with Crippen molar-refractivity contribution in [3.63, 3.8) is 0 Å². The quantitative estimate of drug-likeness (QED) is 0.137. The summed E-state index contributed by atoms with van der Waals surface area (Å²) in [4.78, 5) is 53.0. The molecule has 0 saturated carbocycles. The number of guanidine groups is 1. The lowest BCUT2D eigenvalue weighted by Gasteiger charge is -2.30. The Kier molecular flexibility index (Phi) is 12.6. The first-order valence-electron chi connectivity index (χ1n) is 12.8. The van der Waals surface area contributed by atoms with Gasteiger partial charge in [-0.2, -0.15) is 13.2 Å². The number of nitrogens with zero attached hydrogens (tertiary/aromatic N) is 1. The molecule has 15 heteroatoms. The van der Waals surface area contributed by atoms with Crippen molar-refractivity contribution in [1.82, 2.24) is 16.0 Å². The maximum absolute atomic E-state index is 14.1. The van der Waals surface area contributed by atoms with Gasteiger partial charge < -0.3 is 18.9 Å². The lowest BCUT2D eigenvalue weighted by Crippen LogP contribution is -2.64. The molecule has 2 aromatic rings. The summed E-state index contributed by atoms with van der Waals surface area (Å²) < 4.78 is 61.7. The average Bonchev–Trinajstić information content (AvgIpc) is 2.95. The molecule has 0 aromatic heterocycles. The minimum absolute atomic E-state index is 0.151. The van der Waals surface area contributed by atoms with E-state index in [0.717, 1.165) is 0 Å². The van der Waals surface area contributed by atoms with E-state index in [9.17, 15) is 32.3 Å². The van der Waals surface area contributed by atoms with Crippen molar-refractivity contribution in [3.05, 3.63) is 71.8 Å². The largest absolute Gasteiger partial charge is 0.466 e. The smallest absolute Gasteiger partial charge is 0.434 e. The highest BCUT2D eigenvalue weighted by Crippen LogP contribution is 2.31. The molecule has 236 valence electrons. The third kappa shape index (κ3) is 11.6. The monoisotopic (exact) mass is 620 g/mol. The second-order valence-corrected chi connectivity index (χ2v) is 9.71. The molecule has 0 fully saturated rings. The molecule has 0 aliphatic rings. The zero-order valence-corrected chi connectivity index (χ0v) is 24.2. The molecule has 12 nitrogen and oxygen atoms in total. The van der Waals surface area contributed by atoms with Crippen LogP contribution in [0.1, 0.15) is 31.9 Å². The maximum atomic E-state index is 14.1. The van der Waals surface area contributed by atoms with Gasteiger partial charge >= 0.3 is 30.4 Å². The van der Waals surface area contributed by atoms with E-state index in [2.05, 4.69) is 20.4 Å². The lowest BCUT2D eigenvalue weighted by molar-refractivity contribution is -0.197.